The van der Waals surface area contributed by atoms with Crippen LogP contribution in [0.15, 0.2) is 24.5 Å². The van der Waals surface area contributed by atoms with Gasteiger partial charge in [-0.15, -0.1) is 0 Å². The fourth-order valence-corrected chi connectivity index (χ4v) is 2.38. The maximum absolute atomic E-state index is 12.2. The van der Waals surface area contributed by atoms with Crippen molar-refractivity contribution in [2.24, 2.45) is 11.8 Å². The molecular weight excluding hydrogens is 266 g/mol. The molecule has 0 aliphatic heterocycles. The number of hydrogen-bond donors (Lipinski definition) is 1. The highest BCUT2D eigenvalue weighted by Crippen LogP contribution is 2.39. The summed E-state index contributed by atoms with van der Waals surface area (Å²) in [5, 5.41) is 2.86. The van der Waals surface area contributed by atoms with Gasteiger partial charge < -0.3 is 10.2 Å². The van der Waals surface area contributed by atoms with Crippen LogP contribution in [0.5, 0.6) is 0 Å². The van der Waals surface area contributed by atoms with Gasteiger partial charge in [-0.2, -0.15) is 0 Å². The van der Waals surface area contributed by atoms with E-state index >= 15 is 0 Å². The zero-order valence-corrected chi connectivity index (χ0v) is 12.7. The maximum Gasteiger partial charge on any atom is 0.226 e. The predicted molar refractivity (Wildman–Crippen MR) is 80.5 cm³/mol. The molecule has 0 radical (unpaired) electrons. The van der Waals surface area contributed by atoms with Crippen LogP contribution >= 0.6 is 0 Å². The number of likely N-dealkylation sites (N-methyl/N-ethyl adjacent to an activating group) is 1. The molecule has 1 saturated carbocycles. The summed E-state index contributed by atoms with van der Waals surface area (Å²) in [5.74, 6) is -0.129. The van der Waals surface area contributed by atoms with Crippen molar-refractivity contribution in [1.29, 1.82) is 0 Å². The van der Waals surface area contributed by atoms with E-state index in [4.69, 9.17) is 0 Å². The molecule has 5 nitrogen and oxygen atoms in total. The summed E-state index contributed by atoms with van der Waals surface area (Å²) in [6.07, 6.45) is 5.93. The van der Waals surface area contributed by atoms with E-state index in [1.54, 1.807) is 17.3 Å². The molecule has 1 N–H and O–H groups in total. The number of amides is 2. The Morgan fingerprint density at radius 3 is 2.71 bits per heavy atom. The lowest BCUT2D eigenvalue weighted by Gasteiger charge is -2.17. The Morgan fingerprint density at radius 2 is 2.05 bits per heavy atom. The Bertz CT molecular complexity index is 490. The number of carbonyl (C=O) groups excluding carboxylic acids is 2. The van der Waals surface area contributed by atoms with Crippen LogP contribution in [0.2, 0.25) is 0 Å². The van der Waals surface area contributed by atoms with Crippen molar-refractivity contribution in [1.82, 2.24) is 15.2 Å². The average Bonchev–Trinajstić information content (AvgIpc) is 3.31. The molecule has 2 unspecified atom stereocenters. The SMILES string of the molecule is CCCNC(=O)C1CC1C(=O)N(C)CCc1ccncc1. The molecule has 1 aromatic heterocycles. The van der Waals surface area contributed by atoms with Gasteiger partial charge in [-0.1, -0.05) is 6.92 Å². The number of hydrogen-bond acceptors (Lipinski definition) is 3. The van der Waals surface area contributed by atoms with E-state index < -0.39 is 0 Å². The molecule has 2 rings (SSSR count). The average molecular weight is 289 g/mol. The molecule has 1 aliphatic carbocycles. The van der Waals surface area contributed by atoms with Crippen LogP contribution in [0.4, 0.5) is 0 Å². The van der Waals surface area contributed by atoms with E-state index in [0.29, 0.717) is 19.5 Å². The molecule has 1 aromatic rings. The van der Waals surface area contributed by atoms with Gasteiger partial charge in [0.15, 0.2) is 0 Å². The van der Waals surface area contributed by atoms with Crippen LogP contribution in [-0.4, -0.2) is 41.8 Å². The van der Waals surface area contributed by atoms with Gasteiger partial charge in [0, 0.05) is 32.5 Å². The fourth-order valence-electron chi connectivity index (χ4n) is 2.38. The third-order valence-corrected chi connectivity index (χ3v) is 3.86. The highest BCUT2D eigenvalue weighted by molar-refractivity contribution is 5.92. The second kappa shape index (κ2) is 7.20. The van der Waals surface area contributed by atoms with Crippen molar-refractivity contribution >= 4 is 11.8 Å². The summed E-state index contributed by atoms with van der Waals surface area (Å²) < 4.78 is 0. The van der Waals surface area contributed by atoms with Crippen molar-refractivity contribution in [2.75, 3.05) is 20.1 Å². The Kier molecular flexibility index (Phi) is 5.31. The molecule has 2 amide bonds. The number of nitrogens with one attached hydrogen (secondary N) is 1. The molecule has 2 atom stereocenters. The number of rotatable bonds is 7. The van der Waals surface area contributed by atoms with Gasteiger partial charge >= 0.3 is 0 Å². The number of nitrogens with zero attached hydrogens (tertiary/aromatic N) is 2. The first kappa shape index (κ1) is 15.5. The van der Waals surface area contributed by atoms with Crippen LogP contribution < -0.4 is 5.32 Å². The van der Waals surface area contributed by atoms with Crippen LogP contribution in [0.25, 0.3) is 0 Å². The fraction of sp³-hybridized carbons (Fsp3) is 0.562. The van der Waals surface area contributed by atoms with Gasteiger partial charge in [0.2, 0.25) is 11.8 Å². The summed E-state index contributed by atoms with van der Waals surface area (Å²) in [6.45, 7) is 3.37. The standard InChI is InChI=1S/C16H23N3O2/c1-3-7-18-15(20)13-11-14(13)16(21)19(2)10-6-12-4-8-17-9-5-12/h4-5,8-9,13-14H,3,6-7,10-11H2,1-2H3,(H,18,20). The Hall–Kier alpha value is -1.91. The van der Waals surface area contributed by atoms with E-state index in [2.05, 4.69) is 10.3 Å². The van der Waals surface area contributed by atoms with Crippen molar-refractivity contribution in [3.63, 3.8) is 0 Å². The van der Waals surface area contributed by atoms with Crippen LogP contribution in [0, 0.1) is 11.8 Å². The van der Waals surface area contributed by atoms with E-state index in [0.717, 1.165) is 18.4 Å². The van der Waals surface area contributed by atoms with E-state index in [-0.39, 0.29) is 23.7 Å². The van der Waals surface area contributed by atoms with E-state index in [1.165, 1.54) is 0 Å². The first-order chi connectivity index (χ1) is 10.1. The molecular formula is C16H23N3O2. The highest BCUT2D eigenvalue weighted by Gasteiger charge is 2.48. The largest absolute Gasteiger partial charge is 0.356 e. The summed E-state index contributed by atoms with van der Waals surface area (Å²) in [6, 6.07) is 3.91. The zero-order valence-electron chi connectivity index (χ0n) is 12.7. The maximum atomic E-state index is 12.2. The van der Waals surface area contributed by atoms with Gasteiger partial charge in [0.1, 0.15) is 0 Å². The molecule has 114 valence electrons. The van der Waals surface area contributed by atoms with Gasteiger partial charge in [-0.05, 0) is 37.0 Å². The molecule has 1 heterocycles. The summed E-state index contributed by atoms with van der Waals surface area (Å²) in [5.41, 5.74) is 1.16. The van der Waals surface area contributed by atoms with Crippen molar-refractivity contribution in [3.8, 4) is 0 Å². The third-order valence-electron chi connectivity index (χ3n) is 3.86. The number of pyridine rings is 1. The number of aromatic nitrogens is 1. The lowest BCUT2D eigenvalue weighted by Crippen LogP contribution is -2.33. The van der Waals surface area contributed by atoms with Crippen molar-refractivity contribution < 1.29 is 9.59 Å². The summed E-state index contributed by atoms with van der Waals surface area (Å²) in [7, 11) is 1.81. The second-order valence-electron chi connectivity index (χ2n) is 5.60. The van der Waals surface area contributed by atoms with Gasteiger partial charge in [0.05, 0.1) is 11.8 Å². The highest BCUT2D eigenvalue weighted by atomic mass is 16.2. The van der Waals surface area contributed by atoms with Gasteiger partial charge in [0.25, 0.3) is 0 Å². The van der Waals surface area contributed by atoms with Crippen molar-refractivity contribution in [3.05, 3.63) is 30.1 Å². The molecule has 21 heavy (non-hydrogen) atoms. The summed E-state index contributed by atoms with van der Waals surface area (Å²) >= 11 is 0. The molecule has 5 heteroatoms. The lowest BCUT2D eigenvalue weighted by molar-refractivity contribution is -0.133. The number of carbonyl (C=O) groups is 2. The van der Waals surface area contributed by atoms with Gasteiger partial charge in [-0.25, -0.2) is 0 Å². The van der Waals surface area contributed by atoms with E-state index in [9.17, 15) is 9.59 Å². The topological polar surface area (TPSA) is 62.3 Å². The molecule has 0 bridgehead atoms. The van der Waals surface area contributed by atoms with Crippen molar-refractivity contribution in [2.45, 2.75) is 26.2 Å². The normalized spacial score (nSPS) is 19.9. The third kappa shape index (κ3) is 4.28. The minimum atomic E-state index is -0.121. The van der Waals surface area contributed by atoms with Crippen LogP contribution in [-0.2, 0) is 16.0 Å². The van der Waals surface area contributed by atoms with Gasteiger partial charge in [-0.3, -0.25) is 14.6 Å². The quantitative estimate of drug-likeness (QED) is 0.821. The monoisotopic (exact) mass is 289 g/mol. The summed E-state index contributed by atoms with van der Waals surface area (Å²) in [4.78, 5) is 29.7. The Labute approximate surface area is 125 Å². The van der Waals surface area contributed by atoms with E-state index in [1.807, 2.05) is 26.1 Å². The minimum absolute atomic E-state index is 0.0257. The molecule has 0 saturated heterocycles. The second-order valence-corrected chi connectivity index (χ2v) is 5.60. The predicted octanol–water partition coefficient (Wildman–Crippen LogP) is 1.24. The molecule has 1 fully saturated rings. The first-order valence-electron chi connectivity index (χ1n) is 7.55. The molecule has 0 aromatic carbocycles. The minimum Gasteiger partial charge on any atom is -0.356 e. The molecule has 1 aliphatic rings. The van der Waals surface area contributed by atoms with Crippen LogP contribution in [0.1, 0.15) is 25.3 Å². The smallest absolute Gasteiger partial charge is 0.226 e. The molecule has 0 spiro atoms. The Morgan fingerprint density at radius 1 is 1.33 bits per heavy atom. The lowest BCUT2D eigenvalue weighted by atomic mass is 10.2. The Balaban J connectivity index is 1.75. The first-order valence-corrected chi connectivity index (χ1v) is 7.55. The zero-order chi connectivity index (χ0) is 15.2. The van der Waals surface area contributed by atoms with Crippen LogP contribution in [0.3, 0.4) is 0 Å².